The second-order valence-electron chi connectivity index (χ2n) is 4.96. The van der Waals surface area contributed by atoms with Gasteiger partial charge in [-0.05, 0) is 36.2 Å². The Balaban J connectivity index is 1.82. The molecule has 2 heterocycles. The van der Waals surface area contributed by atoms with Gasteiger partial charge in [-0.3, -0.25) is 0 Å². The van der Waals surface area contributed by atoms with Crippen LogP contribution in [-0.4, -0.2) is 14.8 Å². The van der Waals surface area contributed by atoms with Crippen LogP contribution in [0.25, 0.3) is 5.82 Å². The van der Waals surface area contributed by atoms with Gasteiger partial charge in [0.05, 0.1) is 17.8 Å². The van der Waals surface area contributed by atoms with E-state index < -0.39 is 0 Å². The first kappa shape index (κ1) is 15.1. The fourth-order valence-corrected chi connectivity index (χ4v) is 2.38. The van der Waals surface area contributed by atoms with Crippen LogP contribution in [0.5, 0.6) is 5.88 Å². The Hall–Kier alpha value is -2.84. The second kappa shape index (κ2) is 6.51. The van der Waals surface area contributed by atoms with E-state index in [9.17, 15) is 0 Å². The fourth-order valence-electron chi connectivity index (χ4n) is 2.15. The summed E-state index contributed by atoms with van der Waals surface area (Å²) in [5, 5.41) is 13.9. The van der Waals surface area contributed by atoms with Gasteiger partial charge in [-0.15, -0.1) is 0 Å². The van der Waals surface area contributed by atoms with Crippen LogP contribution in [0, 0.1) is 18.3 Å². The maximum atomic E-state index is 8.98. The molecule has 5 nitrogen and oxygen atoms in total. The van der Waals surface area contributed by atoms with E-state index in [1.165, 1.54) is 0 Å². The molecule has 0 bridgehead atoms. The summed E-state index contributed by atoms with van der Waals surface area (Å²) in [5.41, 5.74) is 2.62. The molecule has 0 N–H and O–H groups in total. The van der Waals surface area contributed by atoms with Crippen molar-refractivity contribution in [1.29, 1.82) is 5.26 Å². The summed E-state index contributed by atoms with van der Waals surface area (Å²) >= 11 is 5.96. The van der Waals surface area contributed by atoms with Crippen molar-refractivity contribution in [3.63, 3.8) is 0 Å². The van der Waals surface area contributed by atoms with Gasteiger partial charge in [0, 0.05) is 23.4 Å². The lowest BCUT2D eigenvalue weighted by Crippen LogP contribution is -2.05. The second-order valence-corrected chi connectivity index (χ2v) is 5.39. The molecule has 0 aliphatic carbocycles. The van der Waals surface area contributed by atoms with Gasteiger partial charge in [0.25, 0.3) is 0 Å². The fraction of sp³-hybridized carbons (Fsp3) is 0.118. The first-order chi connectivity index (χ1) is 11.2. The molecule has 114 valence electrons. The third-order valence-electron chi connectivity index (χ3n) is 3.38. The molecule has 3 aromatic rings. The lowest BCUT2D eigenvalue weighted by molar-refractivity contribution is 0.283. The highest BCUT2D eigenvalue weighted by Crippen LogP contribution is 2.20. The first-order valence-corrected chi connectivity index (χ1v) is 7.33. The van der Waals surface area contributed by atoms with E-state index in [1.807, 2.05) is 25.1 Å². The molecule has 0 amide bonds. The molecule has 1 aromatic carbocycles. The van der Waals surface area contributed by atoms with Gasteiger partial charge < -0.3 is 4.74 Å². The minimum atomic E-state index is 0.395. The van der Waals surface area contributed by atoms with Crippen molar-refractivity contribution in [2.45, 2.75) is 13.5 Å². The van der Waals surface area contributed by atoms with E-state index in [-0.39, 0.29) is 0 Å². The van der Waals surface area contributed by atoms with E-state index in [0.29, 0.717) is 28.9 Å². The molecule has 0 saturated heterocycles. The van der Waals surface area contributed by atoms with Crippen LogP contribution in [0.2, 0.25) is 5.02 Å². The van der Waals surface area contributed by atoms with Gasteiger partial charge >= 0.3 is 0 Å². The SMILES string of the molecule is Cc1cc(Cl)ccc1COc1ccnn1-c1cc(C#N)ccn1. The van der Waals surface area contributed by atoms with E-state index in [0.717, 1.165) is 11.1 Å². The molecular weight excluding hydrogens is 312 g/mol. The van der Waals surface area contributed by atoms with Crippen molar-refractivity contribution < 1.29 is 4.74 Å². The molecule has 2 aromatic heterocycles. The molecule has 0 unspecified atom stereocenters. The quantitative estimate of drug-likeness (QED) is 0.734. The topological polar surface area (TPSA) is 63.7 Å². The number of benzene rings is 1. The monoisotopic (exact) mass is 324 g/mol. The Bertz CT molecular complexity index is 882. The van der Waals surface area contributed by atoms with Crippen LogP contribution >= 0.6 is 11.6 Å². The average molecular weight is 325 g/mol. The molecule has 0 fully saturated rings. The number of hydrogen-bond donors (Lipinski definition) is 0. The minimum Gasteiger partial charge on any atom is -0.473 e. The van der Waals surface area contributed by atoms with Crippen molar-refractivity contribution in [1.82, 2.24) is 14.8 Å². The highest BCUT2D eigenvalue weighted by molar-refractivity contribution is 6.30. The average Bonchev–Trinajstić information content (AvgIpc) is 3.02. The van der Waals surface area contributed by atoms with Gasteiger partial charge in [-0.25, -0.2) is 4.98 Å². The number of rotatable bonds is 4. The van der Waals surface area contributed by atoms with Crippen LogP contribution in [-0.2, 0) is 6.61 Å². The molecule has 0 aliphatic heterocycles. The highest BCUT2D eigenvalue weighted by atomic mass is 35.5. The van der Waals surface area contributed by atoms with Crippen LogP contribution in [0.4, 0.5) is 0 Å². The lowest BCUT2D eigenvalue weighted by atomic mass is 10.1. The molecule has 23 heavy (non-hydrogen) atoms. The maximum Gasteiger partial charge on any atom is 0.218 e. The van der Waals surface area contributed by atoms with E-state index in [4.69, 9.17) is 21.6 Å². The summed E-state index contributed by atoms with van der Waals surface area (Å²) < 4.78 is 7.41. The Kier molecular flexibility index (Phi) is 4.26. The van der Waals surface area contributed by atoms with Gasteiger partial charge in [-0.1, -0.05) is 17.7 Å². The van der Waals surface area contributed by atoms with Crippen molar-refractivity contribution in [3.8, 4) is 17.8 Å². The molecule has 0 spiro atoms. The summed E-state index contributed by atoms with van der Waals surface area (Å²) in [6.07, 6.45) is 3.20. The van der Waals surface area contributed by atoms with E-state index in [1.54, 1.807) is 35.3 Å². The van der Waals surface area contributed by atoms with Crippen LogP contribution < -0.4 is 4.74 Å². The summed E-state index contributed by atoms with van der Waals surface area (Å²) in [6, 6.07) is 12.8. The zero-order valence-electron chi connectivity index (χ0n) is 12.4. The number of ether oxygens (including phenoxy) is 1. The van der Waals surface area contributed by atoms with Gasteiger partial charge in [-0.2, -0.15) is 15.0 Å². The summed E-state index contributed by atoms with van der Waals surface area (Å²) in [4.78, 5) is 4.23. The van der Waals surface area contributed by atoms with Crippen LogP contribution in [0.15, 0.2) is 48.8 Å². The molecule has 0 saturated carbocycles. The third-order valence-corrected chi connectivity index (χ3v) is 3.61. The molecule has 6 heteroatoms. The zero-order valence-corrected chi connectivity index (χ0v) is 13.2. The molecule has 0 radical (unpaired) electrons. The maximum absolute atomic E-state index is 8.98. The first-order valence-electron chi connectivity index (χ1n) is 6.96. The normalized spacial score (nSPS) is 10.3. The highest BCUT2D eigenvalue weighted by Gasteiger charge is 2.09. The number of pyridine rings is 1. The zero-order chi connectivity index (χ0) is 16.2. The predicted octanol–water partition coefficient (Wildman–Crippen LogP) is 3.68. The number of hydrogen-bond acceptors (Lipinski definition) is 4. The van der Waals surface area contributed by atoms with Crippen LogP contribution in [0.3, 0.4) is 0 Å². The van der Waals surface area contributed by atoms with E-state index in [2.05, 4.69) is 16.2 Å². The Morgan fingerprint density at radius 1 is 1.22 bits per heavy atom. The molecule has 0 atom stereocenters. The summed E-state index contributed by atoms with van der Waals surface area (Å²) in [5.74, 6) is 1.10. The Morgan fingerprint density at radius 3 is 2.87 bits per heavy atom. The van der Waals surface area contributed by atoms with Crippen molar-refractivity contribution in [2.24, 2.45) is 0 Å². The summed E-state index contributed by atoms with van der Waals surface area (Å²) in [6.45, 7) is 2.38. The number of nitrogens with zero attached hydrogens (tertiary/aromatic N) is 4. The Labute approximate surface area is 138 Å². The largest absolute Gasteiger partial charge is 0.473 e. The minimum absolute atomic E-state index is 0.395. The number of nitriles is 1. The van der Waals surface area contributed by atoms with Crippen LogP contribution in [0.1, 0.15) is 16.7 Å². The number of aromatic nitrogens is 3. The van der Waals surface area contributed by atoms with E-state index >= 15 is 0 Å². The van der Waals surface area contributed by atoms with Crippen molar-refractivity contribution >= 4 is 11.6 Å². The van der Waals surface area contributed by atoms with Crippen molar-refractivity contribution in [2.75, 3.05) is 0 Å². The number of aryl methyl sites for hydroxylation is 1. The van der Waals surface area contributed by atoms with Gasteiger partial charge in [0.2, 0.25) is 5.88 Å². The van der Waals surface area contributed by atoms with Gasteiger partial charge in [0.1, 0.15) is 6.61 Å². The van der Waals surface area contributed by atoms with Crippen molar-refractivity contribution in [3.05, 3.63) is 70.5 Å². The predicted molar refractivity (Wildman–Crippen MR) is 86.6 cm³/mol. The molecular formula is C17H13ClN4O. The lowest BCUT2D eigenvalue weighted by Gasteiger charge is -2.10. The smallest absolute Gasteiger partial charge is 0.218 e. The standard InChI is InChI=1S/C17H13ClN4O/c1-12-8-15(18)3-2-14(12)11-23-17-5-7-21-22(17)16-9-13(10-19)4-6-20-16/h2-9H,11H2,1H3. The summed E-state index contributed by atoms with van der Waals surface area (Å²) in [7, 11) is 0. The molecule has 0 aliphatic rings. The Morgan fingerprint density at radius 2 is 2.09 bits per heavy atom. The third kappa shape index (κ3) is 3.33. The van der Waals surface area contributed by atoms with Gasteiger partial charge in [0.15, 0.2) is 5.82 Å². The molecule has 3 rings (SSSR count). The number of halogens is 1.